The minimum absolute atomic E-state index is 0.309. The molecule has 1 atom stereocenters. The molecular weight excluding hydrogens is 304 g/mol. The van der Waals surface area contributed by atoms with Gasteiger partial charge in [-0.3, -0.25) is 0 Å². The predicted molar refractivity (Wildman–Crippen MR) is 83.5 cm³/mol. The molecule has 3 nitrogen and oxygen atoms in total. The first-order chi connectivity index (χ1) is 9.24. The van der Waals surface area contributed by atoms with Crippen LogP contribution in [-0.4, -0.2) is 31.3 Å². The molecule has 0 amide bonds. The maximum absolute atomic E-state index is 9.01. The van der Waals surface area contributed by atoms with Gasteiger partial charge in [0.2, 0.25) is 0 Å². The van der Waals surface area contributed by atoms with Crippen LogP contribution in [0.15, 0.2) is 22.7 Å². The van der Waals surface area contributed by atoms with E-state index in [0.29, 0.717) is 12.5 Å². The van der Waals surface area contributed by atoms with Gasteiger partial charge in [0, 0.05) is 36.4 Å². The third-order valence-electron chi connectivity index (χ3n) is 3.79. The summed E-state index contributed by atoms with van der Waals surface area (Å²) in [5, 5.41) is 12.4. The molecule has 2 N–H and O–H groups in total. The van der Waals surface area contributed by atoms with Gasteiger partial charge in [0.15, 0.2) is 0 Å². The SMILES string of the molecule is CCNCc1ccc(N2CCC(CCO)C2)cc1Br. The van der Waals surface area contributed by atoms with Gasteiger partial charge >= 0.3 is 0 Å². The molecule has 1 aromatic carbocycles. The molecule has 0 bridgehead atoms. The summed E-state index contributed by atoms with van der Waals surface area (Å²) in [7, 11) is 0. The van der Waals surface area contributed by atoms with E-state index in [0.717, 1.165) is 32.6 Å². The lowest BCUT2D eigenvalue weighted by Gasteiger charge is -2.20. The van der Waals surface area contributed by atoms with Crippen LogP contribution in [0.2, 0.25) is 0 Å². The van der Waals surface area contributed by atoms with Gasteiger partial charge < -0.3 is 15.3 Å². The number of aliphatic hydroxyl groups is 1. The number of rotatable bonds is 6. The van der Waals surface area contributed by atoms with Crippen molar-refractivity contribution in [1.29, 1.82) is 0 Å². The molecule has 1 saturated heterocycles. The molecule has 19 heavy (non-hydrogen) atoms. The average molecular weight is 327 g/mol. The molecule has 0 saturated carbocycles. The molecule has 1 heterocycles. The van der Waals surface area contributed by atoms with Crippen molar-refractivity contribution in [3.8, 4) is 0 Å². The quantitative estimate of drug-likeness (QED) is 0.843. The second kappa shape index (κ2) is 7.27. The molecule has 106 valence electrons. The zero-order valence-corrected chi connectivity index (χ0v) is 13.1. The Labute approximate surface area is 124 Å². The van der Waals surface area contributed by atoms with Crippen molar-refractivity contribution in [1.82, 2.24) is 5.32 Å². The van der Waals surface area contributed by atoms with E-state index in [-0.39, 0.29) is 0 Å². The lowest BCUT2D eigenvalue weighted by molar-refractivity contribution is 0.263. The zero-order chi connectivity index (χ0) is 13.7. The van der Waals surface area contributed by atoms with Crippen LogP contribution in [-0.2, 0) is 6.54 Å². The van der Waals surface area contributed by atoms with Crippen LogP contribution >= 0.6 is 15.9 Å². The summed E-state index contributed by atoms with van der Waals surface area (Å²) >= 11 is 3.66. The summed E-state index contributed by atoms with van der Waals surface area (Å²) in [5.41, 5.74) is 2.59. The van der Waals surface area contributed by atoms with Crippen molar-refractivity contribution in [2.45, 2.75) is 26.3 Å². The molecule has 1 aliphatic rings. The minimum Gasteiger partial charge on any atom is -0.396 e. The topological polar surface area (TPSA) is 35.5 Å². The lowest BCUT2D eigenvalue weighted by atomic mass is 10.1. The highest BCUT2D eigenvalue weighted by atomic mass is 79.9. The number of anilines is 1. The third-order valence-corrected chi connectivity index (χ3v) is 4.53. The Bertz CT molecular complexity index is 411. The highest BCUT2D eigenvalue weighted by Gasteiger charge is 2.22. The molecule has 0 aliphatic carbocycles. The van der Waals surface area contributed by atoms with E-state index in [9.17, 15) is 0 Å². The van der Waals surface area contributed by atoms with Gasteiger partial charge in [-0.1, -0.05) is 28.9 Å². The summed E-state index contributed by atoms with van der Waals surface area (Å²) in [6.45, 7) is 6.49. The Kier molecular flexibility index (Phi) is 5.67. The molecule has 1 fully saturated rings. The number of hydrogen-bond donors (Lipinski definition) is 2. The van der Waals surface area contributed by atoms with Crippen molar-refractivity contribution in [3.05, 3.63) is 28.2 Å². The number of benzene rings is 1. The van der Waals surface area contributed by atoms with Gasteiger partial charge in [-0.15, -0.1) is 0 Å². The fourth-order valence-electron chi connectivity index (χ4n) is 2.62. The summed E-state index contributed by atoms with van der Waals surface area (Å²) in [6.07, 6.45) is 2.12. The predicted octanol–water partition coefficient (Wildman–Crippen LogP) is 2.77. The molecule has 0 aromatic heterocycles. The Morgan fingerprint density at radius 2 is 2.32 bits per heavy atom. The Morgan fingerprint density at radius 3 is 3.00 bits per heavy atom. The van der Waals surface area contributed by atoms with Gasteiger partial charge in [-0.05, 0) is 43.0 Å². The Morgan fingerprint density at radius 1 is 1.47 bits per heavy atom. The molecule has 1 unspecified atom stereocenters. The van der Waals surface area contributed by atoms with Crippen LogP contribution in [0.3, 0.4) is 0 Å². The van der Waals surface area contributed by atoms with Gasteiger partial charge in [0.05, 0.1) is 0 Å². The maximum Gasteiger partial charge on any atom is 0.0434 e. The van der Waals surface area contributed by atoms with Crippen molar-refractivity contribution in [3.63, 3.8) is 0 Å². The highest BCUT2D eigenvalue weighted by molar-refractivity contribution is 9.10. The standard InChI is InChI=1S/C15H23BrN2O/c1-2-17-10-13-3-4-14(9-15(13)16)18-7-5-12(11-18)6-8-19/h3-4,9,12,17,19H,2,5-8,10-11H2,1H3. The van der Waals surface area contributed by atoms with Crippen molar-refractivity contribution < 1.29 is 5.11 Å². The fraction of sp³-hybridized carbons (Fsp3) is 0.600. The van der Waals surface area contributed by atoms with Gasteiger partial charge in [-0.25, -0.2) is 0 Å². The minimum atomic E-state index is 0.309. The zero-order valence-electron chi connectivity index (χ0n) is 11.5. The summed E-state index contributed by atoms with van der Waals surface area (Å²) in [6, 6.07) is 6.62. The molecule has 2 rings (SSSR count). The molecule has 1 aliphatic heterocycles. The highest BCUT2D eigenvalue weighted by Crippen LogP contribution is 2.29. The molecular formula is C15H23BrN2O. The first-order valence-electron chi connectivity index (χ1n) is 7.09. The molecule has 0 radical (unpaired) electrons. The first kappa shape index (κ1) is 14.8. The van der Waals surface area contributed by atoms with E-state index >= 15 is 0 Å². The van der Waals surface area contributed by atoms with Crippen LogP contribution in [0.5, 0.6) is 0 Å². The molecule has 1 aromatic rings. The normalized spacial score (nSPS) is 19.1. The number of nitrogens with one attached hydrogen (secondary N) is 1. The van der Waals surface area contributed by atoms with E-state index in [1.54, 1.807) is 0 Å². The largest absolute Gasteiger partial charge is 0.396 e. The lowest BCUT2D eigenvalue weighted by Crippen LogP contribution is -2.20. The second-order valence-corrected chi connectivity index (χ2v) is 6.02. The number of halogens is 1. The van der Waals surface area contributed by atoms with Crippen molar-refractivity contribution in [2.24, 2.45) is 5.92 Å². The summed E-state index contributed by atoms with van der Waals surface area (Å²) in [5.74, 6) is 0.644. The van der Waals surface area contributed by atoms with Gasteiger partial charge in [0.25, 0.3) is 0 Å². The van der Waals surface area contributed by atoms with Crippen LogP contribution in [0.1, 0.15) is 25.3 Å². The number of hydrogen-bond acceptors (Lipinski definition) is 3. The van der Waals surface area contributed by atoms with E-state index in [2.05, 4.69) is 51.3 Å². The summed E-state index contributed by atoms with van der Waals surface area (Å²) < 4.78 is 1.18. The van der Waals surface area contributed by atoms with E-state index in [1.165, 1.54) is 22.1 Å². The Hall–Kier alpha value is -0.580. The van der Waals surface area contributed by atoms with Crippen molar-refractivity contribution in [2.75, 3.05) is 31.1 Å². The third kappa shape index (κ3) is 3.94. The van der Waals surface area contributed by atoms with Gasteiger partial charge in [-0.2, -0.15) is 0 Å². The summed E-state index contributed by atoms with van der Waals surface area (Å²) in [4.78, 5) is 2.42. The second-order valence-electron chi connectivity index (χ2n) is 5.17. The Balaban J connectivity index is 2.00. The van der Waals surface area contributed by atoms with Crippen LogP contribution in [0.25, 0.3) is 0 Å². The monoisotopic (exact) mass is 326 g/mol. The average Bonchev–Trinajstić information content (AvgIpc) is 2.86. The van der Waals surface area contributed by atoms with E-state index in [1.807, 2.05) is 0 Å². The molecule has 0 spiro atoms. The smallest absolute Gasteiger partial charge is 0.0434 e. The number of aliphatic hydroxyl groups excluding tert-OH is 1. The van der Waals surface area contributed by atoms with Crippen LogP contribution in [0, 0.1) is 5.92 Å². The van der Waals surface area contributed by atoms with Gasteiger partial charge in [0.1, 0.15) is 0 Å². The van der Waals surface area contributed by atoms with Crippen molar-refractivity contribution >= 4 is 21.6 Å². The number of nitrogens with zero attached hydrogens (tertiary/aromatic N) is 1. The maximum atomic E-state index is 9.01. The first-order valence-corrected chi connectivity index (χ1v) is 7.88. The van der Waals surface area contributed by atoms with Crippen LogP contribution in [0.4, 0.5) is 5.69 Å². The van der Waals surface area contributed by atoms with Crippen LogP contribution < -0.4 is 10.2 Å². The fourth-order valence-corrected chi connectivity index (χ4v) is 3.13. The van der Waals surface area contributed by atoms with E-state index in [4.69, 9.17) is 5.11 Å². The van der Waals surface area contributed by atoms with E-state index < -0.39 is 0 Å². The molecule has 4 heteroatoms.